The summed E-state index contributed by atoms with van der Waals surface area (Å²) in [6.07, 6.45) is -0.649. The number of likely N-dealkylation sites (tertiary alicyclic amines) is 1. The number of halogens is 3. The highest BCUT2D eigenvalue weighted by molar-refractivity contribution is 5.99. The quantitative estimate of drug-likeness (QED) is 0.539. The largest absolute Gasteiger partial charge is 0.410 e. The van der Waals surface area contributed by atoms with Crippen molar-refractivity contribution in [1.82, 2.24) is 14.7 Å². The molecule has 5 nitrogen and oxygen atoms in total. The maximum absolute atomic E-state index is 13.9. The second-order valence-electron chi connectivity index (χ2n) is 9.18. The van der Waals surface area contributed by atoms with Crippen LogP contribution in [0.3, 0.4) is 0 Å². The third-order valence-electron chi connectivity index (χ3n) is 6.94. The molecule has 2 aliphatic heterocycles. The molecule has 178 valence electrons. The van der Waals surface area contributed by atoms with Gasteiger partial charge in [0.1, 0.15) is 11.4 Å². The highest BCUT2D eigenvalue weighted by Gasteiger charge is 2.47. The maximum Gasteiger partial charge on any atom is 0.410 e. The molecule has 0 aliphatic carbocycles. The number of hydrogen-bond donors (Lipinski definition) is 1. The molecule has 1 saturated heterocycles. The lowest BCUT2D eigenvalue weighted by molar-refractivity contribution is -0.173. The Hall–Kier alpha value is -3.29. The van der Waals surface area contributed by atoms with E-state index in [-0.39, 0.29) is 23.7 Å². The van der Waals surface area contributed by atoms with E-state index in [1.165, 1.54) is 11.8 Å². The molecule has 1 amide bonds. The second kappa shape index (κ2) is 9.16. The number of amides is 1. The third-order valence-corrected chi connectivity index (χ3v) is 6.94. The number of carbonyl (C=O) groups is 1. The molecule has 8 heteroatoms. The van der Waals surface area contributed by atoms with Crippen LogP contribution in [-0.4, -0.2) is 39.9 Å². The zero-order valence-corrected chi connectivity index (χ0v) is 18.7. The predicted octanol–water partition coefficient (Wildman–Crippen LogP) is 5.64. The minimum Gasteiger partial charge on any atom is -0.363 e. The smallest absolute Gasteiger partial charge is 0.363 e. The number of rotatable bonds is 4. The zero-order chi connectivity index (χ0) is 23.7. The fourth-order valence-electron chi connectivity index (χ4n) is 5.08. The van der Waals surface area contributed by atoms with Crippen molar-refractivity contribution in [1.29, 1.82) is 0 Å². The molecule has 2 aromatic carbocycles. The van der Waals surface area contributed by atoms with Crippen molar-refractivity contribution in [3.05, 3.63) is 83.6 Å². The van der Waals surface area contributed by atoms with Gasteiger partial charge < -0.3 is 10.2 Å². The molecule has 0 radical (unpaired) electrons. The first-order valence-corrected chi connectivity index (χ1v) is 11.7. The van der Waals surface area contributed by atoms with E-state index < -0.39 is 18.3 Å². The van der Waals surface area contributed by atoms with Crippen molar-refractivity contribution in [3.8, 4) is 0 Å². The van der Waals surface area contributed by atoms with Gasteiger partial charge in [-0.25, -0.2) is 4.68 Å². The molecular formula is C26H27F3N4O. The molecule has 5 rings (SSSR count). The lowest BCUT2D eigenvalue weighted by Crippen LogP contribution is -2.40. The summed E-state index contributed by atoms with van der Waals surface area (Å²) < 4.78 is 42.7. The number of nitrogens with zero attached hydrogens (tertiary/aromatic N) is 3. The maximum atomic E-state index is 13.9. The average molecular weight is 469 g/mol. The molecule has 0 spiro atoms. The summed E-state index contributed by atoms with van der Waals surface area (Å²) in [6, 6.07) is 17.0. The van der Waals surface area contributed by atoms with E-state index in [0.717, 1.165) is 29.5 Å². The van der Waals surface area contributed by atoms with Crippen LogP contribution in [0.2, 0.25) is 0 Å². The lowest BCUT2D eigenvalue weighted by Gasteiger charge is -2.35. The predicted molar refractivity (Wildman–Crippen MR) is 124 cm³/mol. The Bertz CT molecular complexity index is 1120. The average Bonchev–Trinajstić information content (AvgIpc) is 3.28. The normalized spacial score (nSPS) is 21.1. The molecule has 3 aromatic rings. The minimum atomic E-state index is -4.47. The van der Waals surface area contributed by atoms with Crippen molar-refractivity contribution < 1.29 is 18.0 Å². The number of hydrogen-bond acceptors (Lipinski definition) is 3. The van der Waals surface area contributed by atoms with E-state index in [4.69, 9.17) is 0 Å². The van der Waals surface area contributed by atoms with Crippen LogP contribution in [-0.2, 0) is 6.42 Å². The molecule has 34 heavy (non-hydrogen) atoms. The summed E-state index contributed by atoms with van der Waals surface area (Å²) >= 11 is 0. The zero-order valence-electron chi connectivity index (χ0n) is 18.7. The van der Waals surface area contributed by atoms with E-state index in [0.29, 0.717) is 19.0 Å². The van der Waals surface area contributed by atoms with Gasteiger partial charge in [-0.15, -0.1) is 0 Å². The molecule has 1 aromatic heterocycles. The number of nitrogens with one attached hydrogen (secondary N) is 1. The van der Waals surface area contributed by atoms with Crippen molar-refractivity contribution in [2.75, 3.05) is 18.4 Å². The Morgan fingerprint density at radius 1 is 1.00 bits per heavy atom. The van der Waals surface area contributed by atoms with Crippen molar-refractivity contribution in [2.45, 2.75) is 43.9 Å². The lowest BCUT2D eigenvalue weighted by atomic mass is 9.90. The molecule has 2 unspecified atom stereocenters. The number of fused-ring (bicyclic) bond motifs is 1. The van der Waals surface area contributed by atoms with Gasteiger partial charge in [-0.2, -0.15) is 18.3 Å². The molecule has 2 aliphatic rings. The summed E-state index contributed by atoms with van der Waals surface area (Å²) in [5, 5.41) is 7.18. The highest BCUT2D eigenvalue weighted by atomic mass is 19.4. The van der Waals surface area contributed by atoms with Gasteiger partial charge in [0.25, 0.3) is 5.91 Å². The fourth-order valence-corrected chi connectivity index (χ4v) is 5.08. The van der Waals surface area contributed by atoms with Gasteiger partial charge >= 0.3 is 6.18 Å². The highest BCUT2D eigenvalue weighted by Crippen LogP contribution is 2.44. The monoisotopic (exact) mass is 468 g/mol. The van der Waals surface area contributed by atoms with Crippen LogP contribution in [0.5, 0.6) is 0 Å². The standard InChI is InChI=1S/C26H27F3N4O/c27-26(28,29)23-16-22(20-9-5-2-6-10-20)31-24-21(17-30-33(23)24)25(34)32-13-11-19(12-14-32)15-18-7-3-1-4-8-18/h1-10,17,19,22-23,31H,11-16H2. The van der Waals surface area contributed by atoms with E-state index in [9.17, 15) is 18.0 Å². The van der Waals surface area contributed by atoms with E-state index >= 15 is 0 Å². The molecular weight excluding hydrogens is 441 g/mol. The Kier molecular flexibility index (Phi) is 6.06. The minimum absolute atomic E-state index is 0.152. The van der Waals surface area contributed by atoms with Crippen LogP contribution in [0.1, 0.15) is 52.8 Å². The second-order valence-corrected chi connectivity index (χ2v) is 9.18. The van der Waals surface area contributed by atoms with Crippen LogP contribution in [0.25, 0.3) is 0 Å². The molecule has 0 saturated carbocycles. The van der Waals surface area contributed by atoms with Crippen LogP contribution in [0.4, 0.5) is 19.0 Å². The number of aromatic nitrogens is 2. The van der Waals surface area contributed by atoms with Crippen LogP contribution in [0.15, 0.2) is 66.9 Å². The Morgan fingerprint density at radius 2 is 1.65 bits per heavy atom. The first-order chi connectivity index (χ1) is 16.4. The van der Waals surface area contributed by atoms with E-state index in [1.54, 1.807) is 29.2 Å². The van der Waals surface area contributed by atoms with Gasteiger partial charge in [0.15, 0.2) is 6.04 Å². The van der Waals surface area contributed by atoms with Crippen LogP contribution >= 0.6 is 0 Å². The Morgan fingerprint density at radius 3 is 2.29 bits per heavy atom. The number of alkyl halides is 3. The summed E-state index contributed by atoms with van der Waals surface area (Å²) in [5.41, 5.74) is 2.24. The molecule has 1 fully saturated rings. The van der Waals surface area contributed by atoms with Crippen molar-refractivity contribution in [2.24, 2.45) is 5.92 Å². The number of carbonyl (C=O) groups excluding carboxylic acids is 1. The van der Waals surface area contributed by atoms with Gasteiger partial charge in [-0.1, -0.05) is 60.7 Å². The Labute approximate surface area is 196 Å². The van der Waals surface area contributed by atoms with E-state index in [2.05, 4.69) is 22.5 Å². The van der Waals surface area contributed by atoms with Gasteiger partial charge in [0.05, 0.1) is 12.2 Å². The SMILES string of the molecule is O=C(c1cnn2c1NC(c1ccccc1)CC2C(F)(F)F)N1CCC(Cc2ccccc2)CC1. The van der Waals surface area contributed by atoms with Crippen LogP contribution in [0, 0.1) is 5.92 Å². The van der Waals surface area contributed by atoms with Crippen LogP contribution < -0.4 is 5.32 Å². The van der Waals surface area contributed by atoms with Gasteiger partial charge in [0.2, 0.25) is 0 Å². The molecule has 3 heterocycles. The summed E-state index contributed by atoms with van der Waals surface area (Å²) in [5.74, 6) is 0.378. The first-order valence-electron chi connectivity index (χ1n) is 11.7. The molecule has 1 N–H and O–H groups in total. The van der Waals surface area contributed by atoms with E-state index in [1.807, 2.05) is 24.3 Å². The Balaban J connectivity index is 1.33. The van der Waals surface area contributed by atoms with Gasteiger partial charge in [-0.05, 0) is 36.3 Å². The summed E-state index contributed by atoms with van der Waals surface area (Å²) in [6.45, 7) is 1.18. The number of piperidine rings is 1. The summed E-state index contributed by atoms with van der Waals surface area (Å²) in [4.78, 5) is 15.1. The topological polar surface area (TPSA) is 50.2 Å². The molecule has 2 atom stereocenters. The fraction of sp³-hybridized carbons (Fsp3) is 0.385. The summed E-state index contributed by atoms with van der Waals surface area (Å²) in [7, 11) is 0. The number of benzene rings is 2. The third kappa shape index (κ3) is 4.54. The van der Waals surface area contributed by atoms with Gasteiger partial charge in [-0.3, -0.25) is 4.79 Å². The van der Waals surface area contributed by atoms with Gasteiger partial charge in [0, 0.05) is 19.5 Å². The number of anilines is 1. The van der Waals surface area contributed by atoms with Crippen molar-refractivity contribution >= 4 is 11.7 Å². The first kappa shape index (κ1) is 22.5. The molecule has 0 bridgehead atoms. The van der Waals surface area contributed by atoms with Crippen molar-refractivity contribution in [3.63, 3.8) is 0 Å².